The van der Waals surface area contributed by atoms with E-state index in [4.69, 9.17) is 0 Å². The van der Waals surface area contributed by atoms with Crippen molar-refractivity contribution in [2.75, 3.05) is 5.32 Å². The summed E-state index contributed by atoms with van der Waals surface area (Å²) >= 11 is 1.63. The summed E-state index contributed by atoms with van der Waals surface area (Å²) in [5.41, 5.74) is 2.80. The monoisotopic (exact) mass is 310 g/mol. The SMILES string of the molecule is Cc1nc(-c2ccccc2NC(=O)C2CC3C=CC2C3)cs1. The highest BCUT2D eigenvalue weighted by Crippen LogP contribution is 2.44. The lowest BCUT2D eigenvalue weighted by Gasteiger charge is -2.18. The van der Waals surface area contributed by atoms with Crippen LogP contribution in [0.15, 0.2) is 41.8 Å². The smallest absolute Gasteiger partial charge is 0.228 e. The van der Waals surface area contributed by atoms with E-state index in [2.05, 4.69) is 22.5 Å². The van der Waals surface area contributed by atoms with Gasteiger partial charge in [0.05, 0.1) is 16.4 Å². The van der Waals surface area contributed by atoms with Gasteiger partial charge in [0.25, 0.3) is 0 Å². The summed E-state index contributed by atoms with van der Waals surface area (Å²) in [6.07, 6.45) is 6.62. The van der Waals surface area contributed by atoms with Gasteiger partial charge in [0.15, 0.2) is 0 Å². The first-order chi connectivity index (χ1) is 10.7. The van der Waals surface area contributed by atoms with Crippen molar-refractivity contribution in [3.05, 3.63) is 46.8 Å². The standard InChI is InChI=1S/C18H18N2OS/c1-11-19-17(10-22-11)14-4-2-3-5-16(14)20-18(21)15-9-12-6-7-13(15)8-12/h2-7,10,12-13,15H,8-9H2,1H3,(H,20,21). The molecule has 3 unspecified atom stereocenters. The number of benzene rings is 1. The van der Waals surface area contributed by atoms with Crippen molar-refractivity contribution >= 4 is 22.9 Å². The molecule has 0 saturated heterocycles. The van der Waals surface area contributed by atoms with Crippen LogP contribution in [-0.4, -0.2) is 10.9 Å². The van der Waals surface area contributed by atoms with Crippen LogP contribution in [0.5, 0.6) is 0 Å². The van der Waals surface area contributed by atoms with E-state index >= 15 is 0 Å². The van der Waals surface area contributed by atoms with E-state index in [1.807, 2.05) is 36.6 Å². The molecule has 2 aliphatic carbocycles. The lowest BCUT2D eigenvalue weighted by molar-refractivity contribution is -0.120. The van der Waals surface area contributed by atoms with E-state index in [1.165, 1.54) is 0 Å². The Morgan fingerprint density at radius 1 is 1.27 bits per heavy atom. The molecule has 3 nitrogen and oxygen atoms in total. The first kappa shape index (κ1) is 13.7. The van der Waals surface area contributed by atoms with Crippen molar-refractivity contribution < 1.29 is 4.79 Å². The Hall–Kier alpha value is -1.94. The number of nitrogens with one attached hydrogen (secondary N) is 1. The first-order valence-electron chi connectivity index (χ1n) is 7.71. The summed E-state index contributed by atoms with van der Waals surface area (Å²) in [5, 5.41) is 6.22. The number of rotatable bonds is 3. The molecule has 4 rings (SSSR count). The molecule has 2 aromatic rings. The Morgan fingerprint density at radius 3 is 2.82 bits per heavy atom. The summed E-state index contributed by atoms with van der Waals surface area (Å²) in [6, 6.07) is 7.93. The van der Waals surface area contributed by atoms with Crippen LogP contribution in [0.4, 0.5) is 5.69 Å². The maximum atomic E-state index is 12.6. The van der Waals surface area contributed by atoms with Gasteiger partial charge in [-0.25, -0.2) is 4.98 Å². The minimum absolute atomic E-state index is 0.125. The van der Waals surface area contributed by atoms with Crippen molar-refractivity contribution in [2.24, 2.45) is 17.8 Å². The highest BCUT2D eigenvalue weighted by molar-refractivity contribution is 7.09. The van der Waals surface area contributed by atoms with E-state index in [9.17, 15) is 4.79 Å². The van der Waals surface area contributed by atoms with Crippen LogP contribution in [0, 0.1) is 24.7 Å². The first-order valence-corrected chi connectivity index (χ1v) is 8.59. The highest BCUT2D eigenvalue weighted by Gasteiger charge is 2.39. The van der Waals surface area contributed by atoms with Crippen LogP contribution in [0.1, 0.15) is 17.8 Å². The van der Waals surface area contributed by atoms with Crippen molar-refractivity contribution in [2.45, 2.75) is 19.8 Å². The zero-order valence-corrected chi connectivity index (χ0v) is 13.3. The van der Waals surface area contributed by atoms with Crippen LogP contribution in [-0.2, 0) is 4.79 Å². The molecule has 3 atom stereocenters. The predicted molar refractivity (Wildman–Crippen MR) is 89.8 cm³/mol. The zero-order valence-electron chi connectivity index (χ0n) is 12.5. The number of hydrogen-bond acceptors (Lipinski definition) is 3. The Kier molecular flexibility index (Phi) is 3.34. The third-order valence-corrected chi connectivity index (χ3v) is 5.47. The number of carbonyl (C=O) groups excluding carboxylic acids is 1. The zero-order chi connectivity index (χ0) is 15.1. The molecule has 0 radical (unpaired) electrons. The molecule has 112 valence electrons. The number of allylic oxidation sites excluding steroid dienone is 2. The number of anilines is 1. The highest BCUT2D eigenvalue weighted by atomic mass is 32.1. The molecule has 0 spiro atoms. The minimum atomic E-state index is 0.125. The third-order valence-electron chi connectivity index (χ3n) is 4.70. The molecular formula is C18H18N2OS. The van der Waals surface area contributed by atoms with E-state index in [0.29, 0.717) is 11.8 Å². The second-order valence-corrected chi connectivity index (χ2v) is 7.24. The van der Waals surface area contributed by atoms with Gasteiger partial charge in [-0.05, 0) is 37.7 Å². The second-order valence-electron chi connectivity index (χ2n) is 6.17. The van der Waals surface area contributed by atoms with Crippen molar-refractivity contribution in [1.29, 1.82) is 0 Å². The van der Waals surface area contributed by atoms with E-state index < -0.39 is 0 Å². The van der Waals surface area contributed by atoms with Gasteiger partial charge < -0.3 is 5.32 Å². The van der Waals surface area contributed by atoms with Crippen molar-refractivity contribution in [3.8, 4) is 11.3 Å². The van der Waals surface area contributed by atoms with Gasteiger partial charge in [-0.15, -0.1) is 11.3 Å². The lowest BCUT2D eigenvalue weighted by Crippen LogP contribution is -2.26. The Bertz CT molecular complexity index is 749. The topological polar surface area (TPSA) is 42.0 Å². The molecule has 2 aliphatic rings. The van der Waals surface area contributed by atoms with Gasteiger partial charge in [-0.3, -0.25) is 4.79 Å². The maximum Gasteiger partial charge on any atom is 0.228 e. The van der Waals surface area contributed by atoms with Crippen LogP contribution >= 0.6 is 11.3 Å². The molecule has 2 bridgehead atoms. The quantitative estimate of drug-likeness (QED) is 0.860. The maximum absolute atomic E-state index is 12.6. The van der Waals surface area contributed by atoms with Gasteiger partial charge in [-0.1, -0.05) is 30.4 Å². The number of fused-ring (bicyclic) bond motifs is 2. The number of nitrogens with zero attached hydrogens (tertiary/aromatic N) is 1. The molecule has 1 fully saturated rings. The fraction of sp³-hybridized carbons (Fsp3) is 0.333. The summed E-state index contributed by atoms with van der Waals surface area (Å²) in [7, 11) is 0. The third kappa shape index (κ3) is 2.37. The number of aryl methyl sites for hydroxylation is 1. The summed E-state index contributed by atoms with van der Waals surface area (Å²) in [5.74, 6) is 1.31. The molecule has 1 amide bonds. The summed E-state index contributed by atoms with van der Waals surface area (Å²) in [6.45, 7) is 2.00. The number of amides is 1. The Morgan fingerprint density at radius 2 is 2.14 bits per heavy atom. The average Bonchev–Trinajstić information content (AvgIpc) is 3.24. The van der Waals surface area contributed by atoms with Gasteiger partial charge in [0.2, 0.25) is 5.91 Å². The lowest BCUT2D eigenvalue weighted by atomic mass is 9.92. The number of aromatic nitrogens is 1. The van der Waals surface area contributed by atoms with Gasteiger partial charge in [0.1, 0.15) is 0 Å². The normalized spacial score (nSPS) is 25.6. The molecule has 1 aromatic carbocycles. The summed E-state index contributed by atoms with van der Waals surface area (Å²) < 4.78 is 0. The second kappa shape index (κ2) is 5.36. The number of para-hydroxylation sites is 1. The molecule has 22 heavy (non-hydrogen) atoms. The van der Waals surface area contributed by atoms with E-state index in [-0.39, 0.29) is 11.8 Å². The molecular weight excluding hydrogens is 292 g/mol. The van der Waals surface area contributed by atoms with Crippen molar-refractivity contribution in [1.82, 2.24) is 4.98 Å². The van der Waals surface area contributed by atoms with Crippen LogP contribution in [0.2, 0.25) is 0 Å². The molecule has 1 aromatic heterocycles. The van der Waals surface area contributed by atoms with Crippen LogP contribution in [0.25, 0.3) is 11.3 Å². The Labute approximate surface area is 134 Å². The number of hydrogen-bond donors (Lipinski definition) is 1. The molecule has 0 aliphatic heterocycles. The van der Waals surface area contributed by atoms with E-state index in [0.717, 1.165) is 34.8 Å². The van der Waals surface area contributed by atoms with Gasteiger partial charge in [-0.2, -0.15) is 0 Å². The van der Waals surface area contributed by atoms with Crippen LogP contribution in [0.3, 0.4) is 0 Å². The molecule has 4 heteroatoms. The molecule has 1 N–H and O–H groups in total. The average molecular weight is 310 g/mol. The van der Waals surface area contributed by atoms with Gasteiger partial charge in [0, 0.05) is 16.9 Å². The number of carbonyl (C=O) groups is 1. The summed E-state index contributed by atoms with van der Waals surface area (Å²) in [4.78, 5) is 17.2. The van der Waals surface area contributed by atoms with Crippen molar-refractivity contribution in [3.63, 3.8) is 0 Å². The predicted octanol–water partition coefficient (Wildman–Crippen LogP) is 4.27. The largest absolute Gasteiger partial charge is 0.325 e. The Balaban J connectivity index is 1.58. The number of thiazole rings is 1. The van der Waals surface area contributed by atoms with Crippen LogP contribution < -0.4 is 5.32 Å². The molecule has 1 heterocycles. The molecule has 1 saturated carbocycles. The fourth-order valence-electron chi connectivity index (χ4n) is 3.61. The van der Waals surface area contributed by atoms with Gasteiger partial charge >= 0.3 is 0 Å². The fourth-order valence-corrected chi connectivity index (χ4v) is 4.22. The minimum Gasteiger partial charge on any atom is -0.325 e. The van der Waals surface area contributed by atoms with E-state index in [1.54, 1.807) is 11.3 Å².